The lowest BCUT2D eigenvalue weighted by molar-refractivity contribution is 0.0684. The molecule has 0 saturated carbocycles. The highest BCUT2D eigenvalue weighted by Crippen LogP contribution is 2.27. The fourth-order valence-electron chi connectivity index (χ4n) is 2.88. The van der Waals surface area contributed by atoms with Crippen LogP contribution in [0.1, 0.15) is 33.7 Å². The second kappa shape index (κ2) is 7.12. The van der Waals surface area contributed by atoms with Gasteiger partial charge in [-0.1, -0.05) is 12.1 Å². The maximum absolute atomic E-state index is 12.6. The Balaban J connectivity index is 1.70. The van der Waals surface area contributed by atoms with Crippen LogP contribution >= 0.6 is 0 Å². The van der Waals surface area contributed by atoms with Gasteiger partial charge in [0, 0.05) is 12.7 Å². The lowest BCUT2D eigenvalue weighted by Gasteiger charge is -2.24. The molecule has 1 unspecified atom stereocenters. The molecule has 6 nitrogen and oxygen atoms in total. The zero-order valence-electron chi connectivity index (χ0n) is 13.1. The molecule has 2 aromatic rings. The van der Waals surface area contributed by atoms with Gasteiger partial charge in [-0.15, -0.1) is 0 Å². The van der Waals surface area contributed by atoms with E-state index in [1.165, 1.54) is 6.07 Å². The molecule has 1 aromatic heterocycles. The Hall–Kier alpha value is -2.89. The molecule has 1 aromatic carbocycles. The first-order chi connectivity index (χ1) is 11.7. The number of hydrogen-bond donors (Lipinski definition) is 1. The smallest absolute Gasteiger partial charge is 0.272 e. The molecule has 2 heterocycles. The van der Waals surface area contributed by atoms with Crippen molar-refractivity contribution in [3.8, 4) is 11.5 Å². The Morgan fingerprint density at radius 1 is 1.33 bits per heavy atom. The topological polar surface area (TPSA) is 79.7 Å². The lowest BCUT2D eigenvalue weighted by Crippen LogP contribution is -2.39. The van der Waals surface area contributed by atoms with E-state index in [0.29, 0.717) is 24.3 Å². The summed E-state index contributed by atoms with van der Waals surface area (Å²) in [6.45, 7) is 0.923. The van der Waals surface area contributed by atoms with Crippen LogP contribution in [0, 0.1) is 0 Å². The van der Waals surface area contributed by atoms with Crippen LogP contribution in [0.5, 0.6) is 11.5 Å². The molecule has 6 heteroatoms. The van der Waals surface area contributed by atoms with Gasteiger partial charge in [0.05, 0.1) is 11.6 Å². The number of ether oxygens (including phenoxy) is 1. The number of phenols is 1. The quantitative estimate of drug-likeness (QED) is 0.853. The molecule has 0 bridgehead atoms. The third-order valence-electron chi connectivity index (χ3n) is 4.11. The van der Waals surface area contributed by atoms with E-state index in [4.69, 9.17) is 4.74 Å². The number of benzene rings is 1. The van der Waals surface area contributed by atoms with Crippen LogP contribution in [0.2, 0.25) is 0 Å². The molecule has 124 valence electrons. The number of rotatable bonds is 5. The number of hydrogen-bond acceptors (Lipinski definition) is 5. The molecule has 1 amide bonds. The van der Waals surface area contributed by atoms with E-state index in [1.54, 1.807) is 41.4 Å². The minimum Gasteiger partial charge on any atom is -0.507 e. The lowest BCUT2D eigenvalue weighted by atomic mass is 10.2. The number of carbonyl (C=O) groups is 2. The number of carbonyl (C=O) groups excluding carboxylic acids is 2. The Morgan fingerprint density at radius 2 is 2.21 bits per heavy atom. The molecule has 24 heavy (non-hydrogen) atoms. The molecule has 3 rings (SSSR count). The fraction of sp³-hybridized carbons (Fsp3) is 0.278. The monoisotopic (exact) mass is 326 g/mol. The van der Waals surface area contributed by atoms with Gasteiger partial charge >= 0.3 is 0 Å². The first kappa shape index (κ1) is 16.0. The summed E-state index contributed by atoms with van der Waals surface area (Å²) in [5.74, 6) is 0.0886. The summed E-state index contributed by atoms with van der Waals surface area (Å²) in [4.78, 5) is 29.5. The Bertz CT molecular complexity index is 733. The number of likely N-dealkylation sites (tertiary alicyclic amines) is 1. The maximum Gasteiger partial charge on any atom is 0.272 e. The van der Waals surface area contributed by atoms with Crippen molar-refractivity contribution >= 4 is 12.2 Å². The van der Waals surface area contributed by atoms with Gasteiger partial charge in [0.1, 0.15) is 23.8 Å². The van der Waals surface area contributed by atoms with Gasteiger partial charge in [-0.2, -0.15) is 0 Å². The van der Waals surface area contributed by atoms with Gasteiger partial charge < -0.3 is 14.7 Å². The Morgan fingerprint density at radius 3 is 2.96 bits per heavy atom. The summed E-state index contributed by atoms with van der Waals surface area (Å²) in [6, 6.07) is 9.84. The molecule has 0 aliphatic carbocycles. The van der Waals surface area contributed by atoms with E-state index in [-0.39, 0.29) is 29.9 Å². The second-order valence-electron chi connectivity index (χ2n) is 5.63. The molecule has 0 radical (unpaired) electrons. The highest BCUT2D eigenvalue weighted by Gasteiger charge is 2.30. The predicted molar refractivity (Wildman–Crippen MR) is 87.3 cm³/mol. The number of aromatic hydroxyl groups is 1. The van der Waals surface area contributed by atoms with E-state index in [2.05, 4.69) is 4.98 Å². The van der Waals surface area contributed by atoms with Crippen LogP contribution in [0.25, 0.3) is 0 Å². The zero-order chi connectivity index (χ0) is 16.9. The summed E-state index contributed by atoms with van der Waals surface area (Å²) in [5, 5.41) is 9.69. The van der Waals surface area contributed by atoms with Crippen LogP contribution in [0.15, 0.2) is 42.6 Å². The summed E-state index contributed by atoms with van der Waals surface area (Å²) >= 11 is 0. The molecular formula is C18H18N2O4. The van der Waals surface area contributed by atoms with E-state index in [1.807, 2.05) is 0 Å². The molecule has 1 atom stereocenters. The number of pyridine rings is 1. The molecule has 1 aliphatic heterocycles. The highest BCUT2D eigenvalue weighted by molar-refractivity contribution is 5.92. The van der Waals surface area contributed by atoms with Gasteiger partial charge in [0.15, 0.2) is 6.29 Å². The third-order valence-corrected chi connectivity index (χ3v) is 4.11. The fourth-order valence-corrected chi connectivity index (χ4v) is 2.88. The van der Waals surface area contributed by atoms with Crippen LogP contribution in [0.3, 0.4) is 0 Å². The van der Waals surface area contributed by atoms with Crippen LogP contribution < -0.4 is 4.74 Å². The molecular weight excluding hydrogens is 308 g/mol. The van der Waals surface area contributed by atoms with Crippen LogP contribution in [-0.4, -0.2) is 46.4 Å². The second-order valence-corrected chi connectivity index (χ2v) is 5.63. The van der Waals surface area contributed by atoms with Crippen LogP contribution in [-0.2, 0) is 0 Å². The van der Waals surface area contributed by atoms with E-state index in [0.717, 1.165) is 12.8 Å². The minimum atomic E-state index is -0.117. The van der Waals surface area contributed by atoms with Crippen molar-refractivity contribution in [2.75, 3.05) is 13.2 Å². The van der Waals surface area contributed by atoms with Crippen molar-refractivity contribution in [2.24, 2.45) is 0 Å². The zero-order valence-corrected chi connectivity index (χ0v) is 13.1. The number of nitrogens with zero attached hydrogens (tertiary/aromatic N) is 2. The first-order valence-electron chi connectivity index (χ1n) is 7.82. The molecule has 1 fully saturated rings. The molecule has 1 N–H and O–H groups in total. The van der Waals surface area contributed by atoms with E-state index >= 15 is 0 Å². The average molecular weight is 326 g/mol. The normalized spacial score (nSPS) is 16.8. The van der Waals surface area contributed by atoms with Gasteiger partial charge in [-0.25, -0.2) is 0 Å². The summed E-state index contributed by atoms with van der Waals surface area (Å²) in [7, 11) is 0. The van der Waals surface area contributed by atoms with Crippen molar-refractivity contribution in [1.82, 2.24) is 9.88 Å². The Labute approximate surface area is 139 Å². The van der Waals surface area contributed by atoms with Crippen molar-refractivity contribution < 1.29 is 19.4 Å². The maximum atomic E-state index is 12.6. The molecule has 1 saturated heterocycles. The summed E-state index contributed by atoms with van der Waals surface area (Å²) < 4.78 is 5.70. The average Bonchev–Trinajstić information content (AvgIpc) is 3.08. The number of amides is 1. The number of aldehydes is 1. The minimum absolute atomic E-state index is 0.0821. The van der Waals surface area contributed by atoms with Gasteiger partial charge in [0.25, 0.3) is 5.91 Å². The predicted octanol–water partition coefficient (Wildman–Crippen LogP) is 2.28. The third kappa shape index (κ3) is 3.22. The van der Waals surface area contributed by atoms with Crippen molar-refractivity contribution in [3.05, 3.63) is 53.9 Å². The number of aromatic nitrogens is 1. The van der Waals surface area contributed by atoms with Gasteiger partial charge in [0.2, 0.25) is 0 Å². The first-order valence-corrected chi connectivity index (χ1v) is 7.82. The van der Waals surface area contributed by atoms with Gasteiger partial charge in [-0.05, 0) is 37.1 Å². The standard InChI is InChI=1S/C18H18N2O4/c21-11-14-16(22)7-3-8-17(14)24-12-13-5-4-10-20(13)18(23)15-6-1-2-9-19-15/h1-3,6-9,11,13,22H,4-5,10,12H2. The van der Waals surface area contributed by atoms with Crippen molar-refractivity contribution in [1.29, 1.82) is 0 Å². The summed E-state index contributed by atoms with van der Waals surface area (Å²) in [6.07, 6.45) is 3.88. The van der Waals surface area contributed by atoms with Crippen molar-refractivity contribution in [2.45, 2.75) is 18.9 Å². The van der Waals surface area contributed by atoms with E-state index < -0.39 is 0 Å². The SMILES string of the molecule is O=Cc1c(O)cccc1OCC1CCCN1C(=O)c1ccccn1. The number of phenolic OH excluding ortho intramolecular Hbond substituents is 1. The highest BCUT2D eigenvalue weighted by atomic mass is 16.5. The van der Waals surface area contributed by atoms with Crippen molar-refractivity contribution in [3.63, 3.8) is 0 Å². The largest absolute Gasteiger partial charge is 0.507 e. The molecule has 0 spiro atoms. The summed E-state index contributed by atoms with van der Waals surface area (Å²) in [5.41, 5.74) is 0.536. The Kier molecular flexibility index (Phi) is 4.74. The van der Waals surface area contributed by atoms with Crippen LogP contribution in [0.4, 0.5) is 0 Å². The van der Waals surface area contributed by atoms with Gasteiger partial charge in [-0.3, -0.25) is 14.6 Å². The molecule has 1 aliphatic rings. The van der Waals surface area contributed by atoms with E-state index in [9.17, 15) is 14.7 Å².